The summed E-state index contributed by atoms with van der Waals surface area (Å²) in [6.45, 7) is 1.86. The highest BCUT2D eigenvalue weighted by Gasteiger charge is 2.15. The van der Waals surface area contributed by atoms with E-state index in [1.807, 2.05) is 55.5 Å². The molecular weight excluding hydrogens is 290 g/mol. The van der Waals surface area contributed by atoms with Crippen LogP contribution in [0.15, 0.2) is 60.7 Å². The molecule has 0 saturated carbocycles. The lowest BCUT2D eigenvalue weighted by molar-refractivity contribution is 0.101. The predicted molar refractivity (Wildman–Crippen MR) is 89.2 cm³/mol. The zero-order chi connectivity index (χ0) is 16.2. The average molecular weight is 307 g/mol. The molecule has 0 aliphatic rings. The van der Waals surface area contributed by atoms with Gasteiger partial charge in [0.05, 0.1) is 18.5 Å². The van der Waals surface area contributed by atoms with Crippen molar-refractivity contribution in [1.82, 2.24) is 9.78 Å². The number of hydrogen-bond acceptors (Lipinski definition) is 3. The van der Waals surface area contributed by atoms with E-state index in [4.69, 9.17) is 4.74 Å². The quantitative estimate of drug-likeness (QED) is 0.803. The van der Waals surface area contributed by atoms with Crippen LogP contribution in [0.1, 0.15) is 16.2 Å². The van der Waals surface area contributed by atoms with Crippen LogP contribution in [0.3, 0.4) is 0 Å². The molecule has 3 aromatic rings. The van der Waals surface area contributed by atoms with Gasteiger partial charge in [-0.2, -0.15) is 5.10 Å². The minimum absolute atomic E-state index is 0.220. The molecule has 0 bridgehead atoms. The molecule has 0 spiro atoms. The number of nitrogens with one attached hydrogen (secondary N) is 1. The monoisotopic (exact) mass is 307 g/mol. The molecule has 1 aromatic heterocycles. The number of nitrogens with zero attached hydrogens (tertiary/aromatic N) is 2. The molecule has 3 rings (SSSR count). The van der Waals surface area contributed by atoms with Crippen LogP contribution in [0.4, 0.5) is 5.69 Å². The van der Waals surface area contributed by atoms with Gasteiger partial charge in [0.2, 0.25) is 0 Å². The van der Waals surface area contributed by atoms with E-state index in [1.165, 1.54) is 0 Å². The van der Waals surface area contributed by atoms with Gasteiger partial charge in [-0.1, -0.05) is 24.3 Å². The number of carbonyl (C=O) groups excluding carboxylic acids is 1. The summed E-state index contributed by atoms with van der Waals surface area (Å²) in [6.07, 6.45) is 0. The van der Waals surface area contributed by atoms with Crippen molar-refractivity contribution in [1.29, 1.82) is 0 Å². The first-order valence-corrected chi connectivity index (χ1v) is 7.25. The van der Waals surface area contributed by atoms with Crippen LogP contribution in [0.25, 0.3) is 5.69 Å². The average Bonchev–Trinajstić information content (AvgIpc) is 2.98. The maximum atomic E-state index is 12.6. The molecule has 0 aliphatic carbocycles. The first kappa shape index (κ1) is 14.8. The Morgan fingerprint density at radius 2 is 1.87 bits per heavy atom. The van der Waals surface area contributed by atoms with Crippen molar-refractivity contribution >= 4 is 11.6 Å². The molecule has 116 valence electrons. The summed E-state index contributed by atoms with van der Waals surface area (Å²) in [6, 6.07) is 18.6. The van der Waals surface area contributed by atoms with Crippen molar-refractivity contribution in [3.05, 3.63) is 72.1 Å². The van der Waals surface area contributed by atoms with Gasteiger partial charge in [0, 0.05) is 11.8 Å². The van der Waals surface area contributed by atoms with Gasteiger partial charge >= 0.3 is 0 Å². The lowest BCUT2D eigenvalue weighted by Crippen LogP contribution is -2.16. The summed E-state index contributed by atoms with van der Waals surface area (Å²) < 4.78 is 6.81. The number of aryl methyl sites for hydroxylation is 1. The molecule has 0 fully saturated rings. The summed E-state index contributed by atoms with van der Waals surface area (Å²) in [5, 5.41) is 7.29. The summed E-state index contributed by atoms with van der Waals surface area (Å²) in [4.78, 5) is 12.6. The number of amides is 1. The van der Waals surface area contributed by atoms with E-state index in [0.717, 1.165) is 11.4 Å². The van der Waals surface area contributed by atoms with Crippen LogP contribution in [0.2, 0.25) is 0 Å². The van der Waals surface area contributed by atoms with Crippen molar-refractivity contribution < 1.29 is 9.53 Å². The molecule has 1 N–H and O–H groups in total. The van der Waals surface area contributed by atoms with Crippen molar-refractivity contribution in [2.45, 2.75) is 6.92 Å². The standard InChI is InChI=1S/C18H17N3O2/c1-13-11-17(21(20-13)15-8-4-3-5-9-15)18(22)19-14-7-6-10-16(12-14)23-2/h3-12H,1-2H3,(H,19,22). The van der Waals surface area contributed by atoms with E-state index in [2.05, 4.69) is 10.4 Å². The Labute approximate surface area is 134 Å². The van der Waals surface area contributed by atoms with Gasteiger partial charge in [-0.3, -0.25) is 4.79 Å². The van der Waals surface area contributed by atoms with E-state index < -0.39 is 0 Å². The van der Waals surface area contributed by atoms with Gasteiger partial charge in [-0.15, -0.1) is 0 Å². The van der Waals surface area contributed by atoms with Gasteiger partial charge in [0.15, 0.2) is 0 Å². The maximum Gasteiger partial charge on any atom is 0.274 e. The molecule has 2 aromatic carbocycles. The van der Waals surface area contributed by atoms with Gasteiger partial charge < -0.3 is 10.1 Å². The van der Waals surface area contributed by atoms with Gasteiger partial charge in [-0.25, -0.2) is 4.68 Å². The zero-order valence-corrected chi connectivity index (χ0v) is 13.0. The van der Waals surface area contributed by atoms with Crippen LogP contribution in [-0.4, -0.2) is 22.8 Å². The lowest BCUT2D eigenvalue weighted by atomic mass is 10.2. The second-order valence-electron chi connectivity index (χ2n) is 5.10. The van der Waals surface area contributed by atoms with E-state index in [0.29, 0.717) is 17.1 Å². The second-order valence-corrected chi connectivity index (χ2v) is 5.10. The number of anilines is 1. The first-order valence-electron chi connectivity index (χ1n) is 7.25. The first-order chi connectivity index (χ1) is 11.2. The Bertz CT molecular complexity index is 825. The number of aromatic nitrogens is 2. The molecule has 5 heteroatoms. The fourth-order valence-corrected chi connectivity index (χ4v) is 2.32. The fraction of sp³-hybridized carbons (Fsp3) is 0.111. The molecule has 1 heterocycles. The highest BCUT2D eigenvalue weighted by molar-refractivity contribution is 6.03. The minimum atomic E-state index is -0.220. The topological polar surface area (TPSA) is 56.1 Å². The Morgan fingerprint density at radius 1 is 1.09 bits per heavy atom. The molecular formula is C18H17N3O2. The number of carbonyl (C=O) groups is 1. The largest absolute Gasteiger partial charge is 0.497 e. The normalized spacial score (nSPS) is 10.3. The third-order valence-electron chi connectivity index (χ3n) is 3.39. The van der Waals surface area contributed by atoms with Gasteiger partial charge in [0.1, 0.15) is 11.4 Å². The smallest absolute Gasteiger partial charge is 0.274 e. The van der Waals surface area contributed by atoms with Crippen molar-refractivity contribution in [2.75, 3.05) is 12.4 Å². The van der Waals surface area contributed by atoms with Crippen molar-refractivity contribution in [3.8, 4) is 11.4 Å². The van der Waals surface area contributed by atoms with E-state index in [9.17, 15) is 4.79 Å². The van der Waals surface area contributed by atoms with Crippen LogP contribution in [0.5, 0.6) is 5.75 Å². The maximum absolute atomic E-state index is 12.6. The molecule has 0 saturated heterocycles. The van der Waals surface area contributed by atoms with Crippen LogP contribution < -0.4 is 10.1 Å². The van der Waals surface area contributed by atoms with Gasteiger partial charge in [-0.05, 0) is 37.3 Å². The molecule has 0 atom stereocenters. The van der Waals surface area contributed by atoms with Crippen molar-refractivity contribution in [3.63, 3.8) is 0 Å². The molecule has 0 radical (unpaired) electrons. The summed E-state index contributed by atoms with van der Waals surface area (Å²) in [5.74, 6) is 0.471. The minimum Gasteiger partial charge on any atom is -0.497 e. The Morgan fingerprint density at radius 3 is 2.61 bits per heavy atom. The molecule has 0 unspecified atom stereocenters. The molecule has 23 heavy (non-hydrogen) atoms. The molecule has 5 nitrogen and oxygen atoms in total. The predicted octanol–water partition coefficient (Wildman–Crippen LogP) is 3.44. The Hall–Kier alpha value is -3.08. The Balaban J connectivity index is 1.91. The van der Waals surface area contributed by atoms with Crippen LogP contribution in [0, 0.1) is 6.92 Å². The lowest BCUT2D eigenvalue weighted by Gasteiger charge is -2.09. The highest BCUT2D eigenvalue weighted by atomic mass is 16.5. The number of benzene rings is 2. The Kier molecular flexibility index (Phi) is 4.10. The zero-order valence-electron chi connectivity index (χ0n) is 13.0. The fourth-order valence-electron chi connectivity index (χ4n) is 2.32. The number of hydrogen-bond donors (Lipinski definition) is 1. The highest BCUT2D eigenvalue weighted by Crippen LogP contribution is 2.19. The SMILES string of the molecule is COc1cccc(NC(=O)c2cc(C)nn2-c2ccccc2)c1. The summed E-state index contributed by atoms with van der Waals surface area (Å²) >= 11 is 0. The third kappa shape index (κ3) is 3.23. The second kappa shape index (κ2) is 6.36. The van der Waals surface area contributed by atoms with E-state index in [-0.39, 0.29) is 5.91 Å². The summed E-state index contributed by atoms with van der Waals surface area (Å²) in [5.41, 5.74) is 2.78. The third-order valence-corrected chi connectivity index (χ3v) is 3.39. The number of methoxy groups -OCH3 is 1. The van der Waals surface area contributed by atoms with Crippen LogP contribution >= 0.6 is 0 Å². The number of rotatable bonds is 4. The summed E-state index contributed by atoms with van der Waals surface area (Å²) in [7, 11) is 1.59. The molecule has 0 aliphatic heterocycles. The number of ether oxygens (including phenoxy) is 1. The van der Waals surface area contributed by atoms with Crippen molar-refractivity contribution in [2.24, 2.45) is 0 Å². The van der Waals surface area contributed by atoms with Crippen LogP contribution in [-0.2, 0) is 0 Å². The van der Waals surface area contributed by atoms with E-state index >= 15 is 0 Å². The molecule has 1 amide bonds. The number of para-hydroxylation sites is 1. The van der Waals surface area contributed by atoms with Gasteiger partial charge in [0.25, 0.3) is 5.91 Å². The van der Waals surface area contributed by atoms with E-state index in [1.54, 1.807) is 23.9 Å².